The van der Waals surface area contributed by atoms with Gasteiger partial charge in [0.05, 0.1) is 0 Å². The van der Waals surface area contributed by atoms with Crippen molar-refractivity contribution in [3.8, 4) is 0 Å². The fourth-order valence-electron chi connectivity index (χ4n) is 1.59. The van der Waals surface area contributed by atoms with Gasteiger partial charge in [-0.3, -0.25) is 4.79 Å². The van der Waals surface area contributed by atoms with Crippen LogP contribution in [0, 0.1) is 0 Å². The lowest BCUT2D eigenvalue weighted by Gasteiger charge is -2.12. The number of ketones is 1. The fourth-order valence-corrected chi connectivity index (χ4v) is 1.71. The van der Waals surface area contributed by atoms with Gasteiger partial charge in [-0.2, -0.15) is 0 Å². The van der Waals surface area contributed by atoms with E-state index in [0.717, 1.165) is 18.4 Å². The van der Waals surface area contributed by atoms with Crippen molar-refractivity contribution in [3.63, 3.8) is 0 Å². The SMILES string of the molecule is CCCC(C(C)=O)c1ccc(Cl)cc1. The van der Waals surface area contributed by atoms with Gasteiger partial charge in [0, 0.05) is 10.9 Å². The molecule has 0 saturated heterocycles. The Kier molecular flexibility index (Phi) is 4.15. The minimum Gasteiger partial charge on any atom is -0.299 e. The Morgan fingerprint density at radius 1 is 1.36 bits per heavy atom. The van der Waals surface area contributed by atoms with Crippen molar-refractivity contribution in [3.05, 3.63) is 34.9 Å². The highest BCUT2D eigenvalue weighted by Gasteiger charge is 2.14. The summed E-state index contributed by atoms with van der Waals surface area (Å²) in [5.74, 6) is 0.270. The highest BCUT2D eigenvalue weighted by molar-refractivity contribution is 6.30. The van der Waals surface area contributed by atoms with Crippen LogP contribution >= 0.6 is 11.6 Å². The molecule has 0 aliphatic heterocycles. The Labute approximate surface area is 90.1 Å². The number of benzene rings is 1. The summed E-state index contributed by atoms with van der Waals surface area (Å²) >= 11 is 5.79. The molecule has 0 radical (unpaired) electrons. The maximum Gasteiger partial charge on any atom is 0.137 e. The van der Waals surface area contributed by atoms with E-state index in [-0.39, 0.29) is 11.7 Å². The summed E-state index contributed by atoms with van der Waals surface area (Å²) in [6.07, 6.45) is 1.93. The molecule has 0 N–H and O–H groups in total. The highest BCUT2D eigenvalue weighted by Crippen LogP contribution is 2.23. The molecule has 1 rings (SSSR count). The standard InChI is InChI=1S/C12H15ClO/c1-3-4-12(9(2)14)10-5-7-11(13)8-6-10/h5-8,12H,3-4H2,1-2H3. The molecule has 1 aromatic carbocycles. The van der Waals surface area contributed by atoms with Crippen molar-refractivity contribution >= 4 is 17.4 Å². The zero-order valence-electron chi connectivity index (χ0n) is 8.59. The van der Waals surface area contributed by atoms with Crippen LogP contribution in [0.2, 0.25) is 5.02 Å². The van der Waals surface area contributed by atoms with Crippen LogP contribution in [-0.4, -0.2) is 5.78 Å². The first-order chi connectivity index (χ1) is 6.65. The molecule has 76 valence electrons. The van der Waals surface area contributed by atoms with Crippen molar-refractivity contribution in [1.82, 2.24) is 0 Å². The number of hydrogen-bond acceptors (Lipinski definition) is 1. The quantitative estimate of drug-likeness (QED) is 0.739. The summed E-state index contributed by atoms with van der Waals surface area (Å²) in [5.41, 5.74) is 1.07. The van der Waals surface area contributed by atoms with Gasteiger partial charge in [0.15, 0.2) is 0 Å². The predicted molar refractivity (Wildman–Crippen MR) is 59.8 cm³/mol. The van der Waals surface area contributed by atoms with E-state index in [4.69, 9.17) is 11.6 Å². The smallest absolute Gasteiger partial charge is 0.137 e. The van der Waals surface area contributed by atoms with E-state index in [0.29, 0.717) is 5.02 Å². The third-order valence-electron chi connectivity index (χ3n) is 2.34. The number of carbonyl (C=O) groups excluding carboxylic acids is 1. The summed E-state index contributed by atoms with van der Waals surface area (Å²) in [6.45, 7) is 3.74. The Bertz CT molecular complexity index is 303. The number of halogens is 1. The molecule has 0 heterocycles. The molecule has 0 aromatic heterocycles. The van der Waals surface area contributed by atoms with E-state index in [1.807, 2.05) is 24.3 Å². The fraction of sp³-hybridized carbons (Fsp3) is 0.417. The monoisotopic (exact) mass is 210 g/mol. The van der Waals surface area contributed by atoms with Crippen molar-refractivity contribution in [1.29, 1.82) is 0 Å². The van der Waals surface area contributed by atoms with E-state index in [1.165, 1.54) is 0 Å². The Hall–Kier alpha value is -0.820. The minimum atomic E-state index is 0.0391. The molecule has 2 heteroatoms. The lowest BCUT2D eigenvalue weighted by Crippen LogP contribution is -2.08. The summed E-state index contributed by atoms with van der Waals surface area (Å²) in [6, 6.07) is 7.54. The zero-order chi connectivity index (χ0) is 10.6. The van der Waals surface area contributed by atoms with E-state index in [9.17, 15) is 4.79 Å². The van der Waals surface area contributed by atoms with E-state index < -0.39 is 0 Å². The normalized spacial score (nSPS) is 12.5. The van der Waals surface area contributed by atoms with Crippen LogP contribution in [0.5, 0.6) is 0 Å². The third kappa shape index (κ3) is 2.85. The van der Waals surface area contributed by atoms with Gasteiger partial charge in [0.1, 0.15) is 5.78 Å². The lowest BCUT2D eigenvalue weighted by molar-refractivity contribution is -0.118. The molecule has 0 aliphatic rings. The second-order valence-electron chi connectivity index (χ2n) is 3.50. The largest absolute Gasteiger partial charge is 0.299 e. The lowest BCUT2D eigenvalue weighted by atomic mass is 9.91. The Morgan fingerprint density at radius 2 is 1.93 bits per heavy atom. The molecule has 0 bridgehead atoms. The summed E-state index contributed by atoms with van der Waals surface area (Å²) in [7, 11) is 0. The first-order valence-electron chi connectivity index (χ1n) is 4.91. The minimum absolute atomic E-state index is 0.0391. The van der Waals surface area contributed by atoms with Crippen LogP contribution in [0.3, 0.4) is 0 Å². The molecule has 0 fully saturated rings. The summed E-state index contributed by atoms with van der Waals surface area (Å²) in [5, 5.41) is 0.715. The first kappa shape index (κ1) is 11.3. The highest BCUT2D eigenvalue weighted by atomic mass is 35.5. The molecular weight excluding hydrogens is 196 g/mol. The number of rotatable bonds is 4. The maximum absolute atomic E-state index is 11.4. The molecule has 0 aliphatic carbocycles. The van der Waals surface area contributed by atoms with Crippen LogP contribution in [-0.2, 0) is 4.79 Å². The Morgan fingerprint density at radius 3 is 2.36 bits per heavy atom. The second-order valence-corrected chi connectivity index (χ2v) is 3.94. The average molecular weight is 211 g/mol. The molecule has 1 unspecified atom stereocenters. The van der Waals surface area contributed by atoms with Gasteiger partial charge >= 0.3 is 0 Å². The predicted octanol–water partition coefficient (Wildman–Crippen LogP) is 3.81. The van der Waals surface area contributed by atoms with Gasteiger partial charge in [-0.15, -0.1) is 0 Å². The molecule has 0 amide bonds. The molecule has 14 heavy (non-hydrogen) atoms. The molecule has 1 atom stereocenters. The van der Waals surface area contributed by atoms with Gasteiger partial charge < -0.3 is 0 Å². The molecule has 0 spiro atoms. The van der Waals surface area contributed by atoms with Crippen molar-refractivity contribution in [2.75, 3.05) is 0 Å². The van der Waals surface area contributed by atoms with Gasteiger partial charge in [0.2, 0.25) is 0 Å². The van der Waals surface area contributed by atoms with E-state index in [1.54, 1.807) is 6.92 Å². The summed E-state index contributed by atoms with van der Waals surface area (Å²) in [4.78, 5) is 11.4. The van der Waals surface area contributed by atoms with Gasteiger partial charge in [-0.05, 0) is 31.0 Å². The molecule has 1 aromatic rings. The first-order valence-corrected chi connectivity index (χ1v) is 5.29. The number of Topliss-reactive ketones (excluding diaryl/α,β-unsaturated/α-hetero) is 1. The zero-order valence-corrected chi connectivity index (χ0v) is 9.34. The van der Waals surface area contributed by atoms with Crippen LogP contribution in [0.4, 0.5) is 0 Å². The van der Waals surface area contributed by atoms with Crippen LogP contribution in [0.25, 0.3) is 0 Å². The topological polar surface area (TPSA) is 17.1 Å². The second kappa shape index (κ2) is 5.16. The van der Waals surface area contributed by atoms with Crippen LogP contribution in [0.1, 0.15) is 38.2 Å². The summed E-state index contributed by atoms with van der Waals surface area (Å²) < 4.78 is 0. The number of hydrogen-bond donors (Lipinski definition) is 0. The maximum atomic E-state index is 11.4. The number of carbonyl (C=O) groups is 1. The molecular formula is C12H15ClO. The van der Waals surface area contributed by atoms with Crippen molar-refractivity contribution in [2.45, 2.75) is 32.6 Å². The third-order valence-corrected chi connectivity index (χ3v) is 2.59. The van der Waals surface area contributed by atoms with Gasteiger partial charge in [-0.25, -0.2) is 0 Å². The Balaban J connectivity index is 2.87. The van der Waals surface area contributed by atoms with Crippen molar-refractivity contribution < 1.29 is 4.79 Å². The van der Waals surface area contributed by atoms with Crippen LogP contribution < -0.4 is 0 Å². The van der Waals surface area contributed by atoms with Gasteiger partial charge in [0.25, 0.3) is 0 Å². The van der Waals surface area contributed by atoms with E-state index in [2.05, 4.69) is 6.92 Å². The average Bonchev–Trinajstić information content (AvgIpc) is 2.15. The molecule has 0 saturated carbocycles. The van der Waals surface area contributed by atoms with Crippen LogP contribution in [0.15, 0.2) is 24.3 Å². The van der Waals surface area contributed by atoms with Gasteiger partial charge in [-0.1, -0.05) is 37.1 Å². The molecule has 1 nitrogen and oxygen atoms in total. The van der Waals surface area contributed by atoms with Crippen molar-refractivity contribution in [2.24, 2.45) is 0 Å². The van der Waals surface area contributed by atoms with E-state index >= 15 is 0 Å².